The Balaban J connectivity index is 2.78. The zero-order valence-electron chi connectivity index (χ0n) is 9.36. The monoisotopic (exact) mass is 204 g/mol. The van der Waals surface area contributed by atoms with Gasteiger partial charge in [0.15, 0.2) is 0 Å². The number of aliphatic hydroxyl groups excluding tert-OH is 1. The van der Waals surface area contributed by atoms with Crippen molar-refractivity contribution < 1.29 is 5.11 Å². The molecular weight excluding hydrogens is 188 g/mol. The van der Waals surface area contributed by atoms with Gasteiger partial charge in [-0.05, 0) is 26.3 Å². The zero-order chi connectivity index (χ0) is 11.0. The van der Waals surface area contributed by atoms with Crippen LogP contribution in [-0.4, -0.2) is 14.9 Å². The SMILES string of the molecule is Cc1cccc2c(CO)n(C(C)C)nc12. The Morgan fingerprint density at radius 1 is 1.40 bits per heavy atom. The van der Waals surface area contributed by atoms with Crippen LogP contribution >= 0.6 is 0 Å². The molecule has 0 saturated carbocycles. The molecule has 80 valence electrons. The highest BCUT2D eigenvalue weighted by Gasteiger charge is 2.13. The summed E-state index contributed by atoms with van der Waals surface area (Å²) in [5, 5.41) is 15.0. The summed E-state index contributed by atoms with van der Waals surface area (Å²) in [5.74, 6) is 0. The first kappa shape index (κ1) is 10.2. The molecule has 0 aliphatic heterocycles. The molecule has 0 aliphatic carbocycles. The lowest BCUT2D eigenvalue weighted by molar-refractivity contribution is 0.266. The standard InChI is InChI=1S/C12H16N2O/c1-8(2)14-11(7-15)10-6-4-5-9(3)12(10)13-14/h4-6,8,15H,7H2,1-3H3. The summed E-state index contributed by atoms with van der Waals surface area (Å²) in [4.78, 5) is 0. The third-order valence-corrected chi connectivity index (χ3v) is 2.67. The lowest BCUT2D eigenvalue weighted by Gasteiger charge is -2.08. The Bertz CT molecular complexity index is 486. The van der Waals surface area contributed by atoms with Gasteiger partial charge in [0.2, 0.25) is 0 Å². The van der Waals surface area contributed by atoms with Gasteiger partial charge in [0.05, 0.1) is 17.8 Å². The largest absolute Gasteiger partial charge is 0.390 e. The fourth-order valence-electron chi connectivity index (χ4n) is 1.90. The molecule has 0 bridgehead atoms. The van der Waals surface area contributed by atoms with Gasteiger partial charge in [0, 0.05) is 11.4 Å². The molecule has 0 saturated heterocycles. The van der Waals surface area contributed by atoms with Crippen LogP contribution in [0.2, 0.25) is 0 Å². The molecule has 0 fully saturated rings. The van der Waals surface area contributed by atoms with Gasteiger partial charge in [-0.15, -0.1) is 0 Å². The number of aliphatic hydroxyl groups is 1. The number of rotatable bonds is 2. The number of aromatic nitrogens is 2. The van der Waals surface area contributed by atoms with E-state index < -0.39 is 0 Å². The van der Waals surface area contributed by atoms with E-state index in [0.29, 0.717) is 0 Å². The molecule has 0 unspecified atom stereocenters. The fourth-order valence-corrected chi connectivity index (χ4v) is 1.90. The second kappa shape index (κ2) is 3.66. The molecule has 0 aliphatic rings. The minimum atomic E-state index is 0.0398. The van der Waals surface area contributed by atoms with E-state index in [1.807, 2.05) is 29.8 Å². The van der Waals surface area contributed by atoms with Crippen molar-refractivity contribution in [3.05, 3.63) is 29.5 Å². The number of benzene rings is 1. The minimum Gasteiger partial charge on any atom is -0.390 e. The van der Waals surface area contributed by atoms with Crippen molar-refractivity contribution in [2.75, 3.05) is 0 Å². The molecule has 0 spiro atoms. The maximum atomic E-state index is 9.38. The summed E-state index contributed by atoms with van der Waals surface area (Å²) in [7, 11) is 0. The molecular formula is C12H16N2O. The van der Waals surface area contributed by atoms with Crippen LogP contribution in [-0.2, 0) is 6.61 Å². The predicted octanol–water partition coefficient (Wildman–Crippen LogP) is 2.42. The summed E-state index contributed by atoms with van der Waals surface area (Å²) in [6.45, 7) is 6.22. The second-order valence-electron chi connectivity index (χ2n) is 4.11. The van der Waals surface area contributed by atoms with Gasteiger partial charge < -0.3 is 5.11 Å². The summed E-state index contributed by atoms with van der Waals surface area (Å²) in [6, 6.07) is 6.34. The fraction of sp³-hybridized carbons (Fsp3) is 0.417. The van der Waals surface area contributed by atoms with Crippen molar-refractivity contribution in [2.24, 2.45) is 0 Å². The first-order chi connectivity index (χ1) is 7.15. The van der Waals surface area contributed by atoms with Crippen molar-refractivity contribution in [3.8, 4) is 0 Å². The van der Waals surface area contributed by atoms with Gasteiger partial charge in [-0.3, -0.25) is 4.68 Å². The van der Waals surface area contributed by atoms with Gasteiger partial charge in [0.25, 0.3) is 0 Å². The van der Waals surface area contributed by atoms with Crippen LogP contribution in [0.25, 0.3) is 10.9 Å². The highest BCUT2D eigenvalue weighted by Crippen LogP contribution is 2.23. The molecule has 1 aromatic carbocycles. The Morgan fingerprint density at radius 2 is 2.13 bits per heavy atom. The van der Waals surface area contributed by atoms with E-state index in [1.54, 1.807) is 0 Å². The number of hydrogen-bond acceptors (Lipinski definition) is 2. The van der Waals surface area contributed by atoms with E-state index in [-0.39, 0.29) is 12.6 Å². The molecule has 0 atom stereocenters. The first-order valence-electron chi connectivity index (χ1n) is 5.22. The summed E-state index contributed by atoms with van der Waals surface area (Å²) in [5.41, 5.74) is 3.06. The molecule has 1 heterocycles. The molecule has 0 amide bonds. The van der Waals surface area contributed by atoms with E-state index >= 15 is 0 Å². The van der Waals surface area contributed by atoms with Crippen LogP contribution in [0.5, 0.6) is 0 Å². The van der Waals surface area contributed by atoms with Crippen LogP contribution in [0, 0.1) is 6.92 Å². The highest BCUT2D eigenvalue weighted by molar-refractivity contribution is 5.84. The number of aryl methyl sites for hydroxylation is 1. The molecule has 3 heteroatoms. The van der Waals surface area contributed by atoms with Gasteiger partial charge in [-0.25, -0.2) is 0 Å². The van der Waals surface area contributed by atoms with E-state index in [0.717, 1.165) is 22.2 Å². The molecule has 15 heavy (non-hydrogen) atoms. The molecule has 1 aromatic heterocycles. The molecule has 2 rings (SSSR count). The topological polar surface area (TPSA) is 38.0 Å². The van der Waals surface area contributed by atoms with Crippen LogP contribution in [0.1, 0.15) is 31.1 Å². The van der Waals surface area contributed by atoms with Crippen molar-refractivity contribution in [2.45, 2.75) is 33.4 Å². The molecule has 3 nitrogen and oxygen atoms in total. The number of fused-ring (bicyclic) bond motifs is 1. The predicted molar refractivity (Wildman–Crippen MR) is 60.8 cm³/mol. The Morgan fingerprint density at radius 3 is 2.73 bits per heavy atom. The van der Waals surface area contributed by atoms with E-state index in [2.05, 4.69) is 18.9 Å². The smallest absolute Gasteiger partial charge is 0.0956 e. The highest BCUT2D eigenvalue weighted by atomic mass is 16.3. The lowest BCUT2D eigenvalue weighted by atomic mass is 10.1. The molecule has 2 aromatic rings. The zero-order valence-corrected chi connectivity index (χ0v) is 9.36. The Labute approximate surface area is 89.3 Å². The van der Waals surface area contributed by atoms with Gasteiger partial charge in [-0.2, -0.15) is 5.10 Å². The van der Waals surface area contributed by atoms with Crippen molar-refractivity contribution in [3.63, 3.8) is 0 Å². The van der Waals surface area contributed by atoms with E-state index in [9.17, 15) is 5.11 Å². The van der Waals surface area contributed by atoms with Crippen molar-refractivity contribution in [1.82, 2.24) is 9.78 Å². The Kier molecular flexibility index (Phi) is 2.49. The van der Waals surface area contributed by atoms with Crippen LogP contribution < -0.4 is 0 Å². The number of nitrogens with zero attached hydrogens (tertiary/aromatic N) is 2. The van der Waals surface area contributed by atoms with Crippen LogP contribution in [0.15, 0.2) is 18.2 Å². The summed E-state index contributed by atoms with van der Waals surface area (Å²) < 4.78 is 1.90. The molecule has 0 radical (unpaired) electrons. The van der Waals surface area contributed by atoms with Crippen LogP contribution in [0.4, 0.5) is 0 Å². The molecule has 1 N–H and O–H groups in total. The quantitative estimate of drug-likeness (QED) is 0.815. The van der Waals surface area contributed by atoms with Crippen LogP contribution in [0.3, 0.4) is 0 Å². The average molecular weight is 204 g/mol. The van der Waals surface area contributed by atoms with E-state index in [4.69, 9.17) is 0 Å². The first-order valence-corrected chi connectivity index (χ1v) is 5.22. The lowest BCUT2D eigenvalue weighted by Crippen LogP contribution is -2.07. The minimum absolute atomic E-state index is 0.0398. The average Bonchev–Trinajstić information content (AvgIpc) is 2.57. The van der Waals surface area contributed by atoms with Crippen molar-refractivity contribution in [1.29, 1.82) is 0 Å². The van der Waals surface area contributed by atoms with Gasteiger partial charge in [-0.1, -0.05) is 18.2 Å². The summed E-state index contributed by atoms with van der Waals surface area (Å²) in [6.07, 6.45) is 0. The van der Waals surface area contributed by atoms with Crippen molar-refractivity contribution >= 4 is 10.9 Å². The summed E-state index contributed by atoms with van der Waals surface area (Å²) >= 11 is 0. The normalized spacial score (nSPS) is 11.5. The number of hydrogen-bond donors (Lipinski definition) is 1. The second-order valence-corrected chi connectivity index (χ2v) is 4.11. The third-order valence-electron chi connectivity index (χ3n) is 2.67. The maximum absolute atomic E-state index is 9.38. The van der Waals surface area contributed by atoms with Gasteiger partial charge in [0.1, 0.15) is 0 Å². The van der Waals surface area contributed by atoms with E-state index in [1.165, 1.54) is 0 Å². The Hall–Kier alpha value is -1.35. The maximum Gasteiger partial charge on any atom is 0.0956 e. The van der Waals surface area contributed by atoms with Gasteiger partial charge >= 0.3 is 0 Å². The third kappa shape index (κ3) is 1.53.